The van der Waals surface area contributed by atoms with E-state index >= 15 is 0 Å². The number of benzene rings is 2. The van der Waals surface area contributed by atoms with Crippen LogP contribution in [0, 0.1) is 52.3 Å². The molecular formula is C36H52N2O5S. The van der Waals surface area contributed by atoms with Gasteiger partial charge in [-0.25, -0.2) is 17.9 Å². The van der Waals surface area contributed by atoms with E-state index in [1.54, 1.807) is 18.2 Å². The lowest BCUT2D eigenvalue weighted by Crippen LogP contribution is -2.62. The summed E-state index contributed by atoms with van der Waals surface area (Å²) in [7, 11) is -4.02. The van der Waals surface area contributed by atoms with E-state index in [1.807, 2.05) is 18.2 Å². The van der Waals surface area contributed by atoms with E-state index < -0.39 is 16.1 Å². The Morgan fingerprint density at radius 1 is 0.955 bits per heavy atom. The molecule has 0 heterocycles. The number of carbonyl (C=O) groups is 1. The van der Waals surface area contributed by atoms with E-state index in [9.17, 15) is 23.4 Å². The van der Waals surface area contributed by atoms with Crippen LogP contribution in [-0.2, 0) is 10.0 Å². The van der Waals surface area contributed by atoms with E-state index in [2.05, 4.69) is 37.7 Å². The van der Waals surface area contributed by atoms with Crippen molar-refractivity contribution < 1.29 is 23.4 Å². The summed E-state index contributed by atoms with van der Waals surface area (Å²) in [5.41, 5.74) is 0.343. The third-order valence-corrected chi connectivity index (χ3v) is 14.7. The van der Waals surface area contributed by atoms with Gasteiger partial charge >= 0.3 is 6.03 Å². The van der Waals surface area contributed by atoms with Gasteiger partial charge in [0, 0.05) is 11.9 Å². The van der Waals surface area contributed by atoms with E-state index in [0.717, 1.165) is 56.8 Å². The number of urea groups is 1. The van der Waals surface area contributed by atoms with Gasteiger partial charge in [-0.1, -0.05) is 70.5 Å². The highest BCUT2D eigenvalue weighted by molar-refractivity contribution is 7.90. The lowest BCUT2D eigenvalue weighted by Gasteiger charge is -2.64. The van der Waals surface area contributed by atoms with Crippen molar-refractivity contribution in [1.29, 1.82) is 0 Å². The summed E-state index contributed by atoms with van der Waals surface area (Å²) in [6.07, 6.45) is 8.57. The molecule has 2 amide bonds. The van der Waals surface area contributed by atoms with Crippen LogP contribution in [0.3, 0.4) is 0 Å². The van der Waals surface area contributed by atoms with Crippen molar-refractivity contribution in [2.75, 3.05) is 6.54 Å². The number of nitrogens with one attached hydrogen (secondary N) is 2. The first-order chi connectivity index (χ1) is 20.9. The summed E-state index contributed by atoms with van der Waals surface area (Å²) in [5.74, 6) is 2.84. The molecule has 2 aromatic rings. The van der Waals surface area contributed by atoms with Crippen LogP contribution in [0.5, 0.6) is 0 Å². The minimum atomic E-state index is -4.02. The van der Waals surface area contributed by atoms with Crippen LogP contribution in [0.2, 0.25) is 0 Å². The maximum atomic E-state index is 13.1. The number of hydrogen-bond acceptors (Lipinski definition) is 5. The molecule has 4 aliphatic rings. The molecule has 0 unspecified atom stereocenters. The highest BCUT2D eigenvalue weighted by atomic mass is 32.2. The fraction of sp³-hybridized carbons (Fsp3) is 0.694. The lowest BCUT2D eigenvalue weighted by atomic mass is 9.41. The number of amides is 2. The Morgan fingerprint density at radius 2 is 1.66 bits per heavy atom. The minimum Gasteiger partial charge on any atom is -0.393 e. The highest BCUT2D eigenvalue weighted by Crippen LogP contribution is 2.69. The van der Waals surface area contributed by atoms with Crippen molar-refractivity contribution >= 4 is 26.8 Å². The summed E-state index contributed by atoms with van der Waals surface area (Å²) >= 11 is 0. The van der Waals surface area contributed by atoms with Gasteiger partial charge in [0.15, 0.2) is 0 Å². The third-order valence-electron chi connectivity index (χ3n) is 13.3. The smallest absolute Gasteiger partial charge is 0.328 e. The fourth-order valence-electron chi connectivity index (χ4n) is 11.2. The molecule has 11 atom stereocenters. The molecule has 4 aliphatic carbocycles. The first-order valence-electron chi connectivity index (χ1n) is 17.0. The van der Waals surface area contributed by atoms with Gasteiger partial charge in [0.05, 0.1) is 17.1 Å². The molecule has 0 bridgehead atoms. The minimum absolute atomic E-state index is 0.0967. The Bertz CT molecular complexity index is 1470. The molecule has 7 nitrogen and oxygen atoms in total. The molecule has 0 aliphatic heterocycles. The van der Waals surface area contributed by atoms with E-state index in [0.29, 0.717) is 47.4 Å². The molecule has 8 heteroatoms. The number of fused-ring (bicyclic) bond motifs is 6. The number of hydrogen-bond donors (Lipinski definition) is 4. The summed E-state index contributed by atoms with van der Waals surface area (Å²) < 4.78 is 28.4. The Morgan fingerprint density at radius 3 is 2.43 bits per heavy atom. The number of aliphatic hydroxyl groups is 2. The summed E-state index contributed by atoms with van der Waals surface area (Å²) in [6, 6.07) is 11.6. The van der Waals surface area contributed by atoms with Crippen LogP contribution in [0.1, 0.15) is 85.5 Å². The second-order valence-electron chi connectivity index (χ2n) is 15.2. The van der Waals surface area contributed by atoms with Crippen molar-refractivity contribution in [3.05, 3.63) is 42.5 Å². The third kappa shape index (κ3) is 5.27. The van der Waals surface area contributed by atoms with Gasteiger partial charge in [0.2, 0.25) is 0 Å². The highest BCUT2D eigenvalue weighted by Gasteiger charge is 2.64. The molecule has 6 rings (SSSR count). The Kier molecular flexibility index (Phi) is 8.59. The zero-order chi connectivity index (χ0) is 31.4. The molecule has 4 fully saturated rings. The molecule has 4 N–H and O–H groups in total. The van der Waals surface area contributed by atoms with Gasteiger partial charge < -0.3 is 15.5 Å². The van der Waals surface area contributed by atoms with E-state index in [-0.39, 0.29) is 33.9 Å². The summed E-state index contributed by atoms with van der Waals surface area (Å²) in [5, 5.41) is 26.7. The average Bonchev–Trinajstić information content (AvgIpc) is 3.35. The van der Waals surface area contributed by atoms with Crippen molar-refractivity contribution in [2.24, 2.45) is 52.3 Å². The largest absolute Gasteiger partial charge is 0.393 e. The van der Waals surface area contributed by atoms with Gasteiger partial charge in [-0.05, 0) is 115 Å². The topological polar surface area (TPSA) is 116 Å². The van der Waals surface area contributed by atoms with Crippen molar-refractivity contribution in [2.45, 2.75) is 103 Å². The Hall–Kier alpha value is -2.16. The molecule has 0 aromatic heterocycles. The zero-order valence-electron chi connectivity index (χ0n) is 26.8. The predicted molar refractivity (Wildman–Crippen MR) is 173 cm³/mol. The van der Waals surface area contributed by atoms with Gasteiger partial charge in [0.1, 0.15) is 0 Å². The second-order valence-corrected chi connectivity index (χ2v) is 16.9. The number of sulfonamides is 1. The second kappa shape index (κ2) is 11.9. The van der Waals surface area contributed by atoms with Gasteiger partial charge in [0.25, 0.3) is 10.0 Å². The Labute approximate surface area is 263 Å². The predicted octanol–water partition coefficient (Wildman–Crippen LogP) is 6.48. The first kappa shape index (κ1) is 31.8. The van der Waals surface area contributed by atoms with Crippen molar-refractivity contribution in [3.63, 3.8) is 0 Å². The number of rotatable bonds is 7. The summed E-state index contributed by atoms with van der Waals surface area (Å²) in [4.78, 5) is 12.8. The lowest BCUT2D eigenvalue weighted by molar-refractivity contribution is -0.203. The van der Waals surface area contributed by atoms with Gasteiger partial charge in [-0.2, -0.15) is 0 Å². The van der Waals surface area contributed by atoms with Crippen LogP contribution >= 0.6 is 0 Å². The standard InChI is InChI=1S/C36H52N2O5S/c1-5-25-30-21-24(39)15-18-36(30,4)29-16-19-35(3)27(13-14-28(35)32(29)33(25)40)22(2)17-20-37-34(41)38-44(42,43)31-12-8-10-23-9-6-7-11-26(23)31/h6-12,22,24-25,27-30,32-33,39-40H,5,13-21H2,1-4H3,(H2,37,38,41)/t22-,24-,25-,27-,28+,29+,30+,32+,33-,35-,36-/m1/s1. The quantitative estimate of drug-likeness (QED) is 0.282. The molecule has 242 valence electrons. The van der Waals surface area contributed by atoms with Crippen LogP contribution in [0.15, 0.2) is 47.4 Å². The van der Waals surface area contributed by atoms with Gasteiger partial charge in [-0.15, -0.1) is 0 Å². The van der Waals surface area contributed by atoms with Crippen LogP contribution in [0.25, 0.3) is 10.8 Å². The maximum absolute atomic E-state index is 13.1. The molecule has 0 spiro atoms. The van der Waals surface area contributed by atoms with Crippen LogP contribution < -0.4 is 10.0 Å². The monoisotopic (exact) mass is 624 g/mol. The molecule has 4 saturated carbocycles. The number of carbonyl (C=O) groups excluding carboxylic acids is 1. The van der Waals surface area contributed by atoms with Crippen LogP contribution in [-0.4, -0.2) is 43.4 Å². The SMILES string of the molecule is CC[C@H]1[C@@H](O)[C@@H]2[C@H](CC[C@]3(C)[C@@H]([C@H](C)CCNC(=O)NS(=O)(=O)c4cccc5ccccc45)CC[C@@H]23)[C@@]2(C)CC[C@@H](O)C[C@@H]12. The molecular weight excluding hydrogens is 572 g/mol. The fourth-order valence-corrected chi connectivity index (χ4v) is 12.3. The summed E-state index contributed by atoms with van der Waals surface area (Å²) in [6.45, 7) is 9.84. The van der Waals surface area contributed by atoms with E-state index in [4.69, 9.17) is 0 Å². The number of aliphatic hydroxyl groups excluding tert-OH is 2. The zero-order valence-corrected chi connectivity index (χ0v) is 27.7. The average molecular weight is 625 g/mol. The molecule has 2 aromatic carbocycles. The Balaban J connectivity index is 1.09. The maximum Gasteiger partial charge on any atom is 0.328 e. The van der Waals surface area contributed by atoms with Gasteiger partial charge in [-0.3, -0.25) is 0 Å². The molecule has 0 saturated heterocycles. The van der Waals surface area contributed by atoms with Crippen molar-refractivity contribution in [1.82, 2.24) is 10.0 Å². The molecule has 0 radical (unpaired) electrons. The van der Waals surface area contributed by atoms with Crippen molar-refractivity contribution in [3.8, 4) is 0 Å². The normalized spacial score (nSPS) is 39.1. The van der Waals surface area contributed by atoms with Crippen LogP contribution in [0.4, 0.5) is 4.79 Å². The molecule has 44 heavy (non-hydrogen) atoms. The van der Waals surface area contributed by atoms with E-state index in [1.165, 1.54) is 12.5 Å². The first-order valence-corrected chi connectivity index (χ1v) is 18.5.